The molecule has 8 nitrogen and oxygen atoms in total. The van der Waals surface area contributed by atoms with Crippen LogP contribution in [0.15, 0.2) is 33.5 Å². The lowest BCUT2D eigenvalue weighted by Crippen LogP contribution is -2.46. The van der Waals surface area contributed by atoms with E-state index in [1.54, 1.807) is 0 Å². The van der Waals surface area contributed by atoms with Gasteiger partial charge in [0.2, 0.25) is 5.91 Å². The van der Waals surface area contributed by atoms with Crippen molar-refractivity contribution < 1.29 is 19.1 Å². The van der Waals surface area contributed by atoms with Crippen molar-refractivity contribution in [3.05, 3.63) is 40.2 Å². The Morgan fingerprint density at radius 3 is 2.71 bits per heavy atom. The van der Waals surface area contributed by atoms with Crippen LogP contribution < -0.4 is 22.4 Å². The molecule has 1 aromatic carbocycles. The van der Waals surface area contributed by atoms with Gasteiger partial charge in [-0.05, 0) is 18.2 Å². The first-order chi connectivity index (χ1) is 9.88. The van der Waals surface area contributed by atoms with E-state index in [4.69, 9.17) is 15.9 Å². The second kappa shape index (κ2) is 5.63. The van der Waals surface area contributed by atoms with Crippen LogP contribution in [0.5, 0.6) is 5.75 Å². The van der Waals surface area contributed by atoms with Gasteiger partial charge in [-0.3, -0.25) is 9.59 Å². The molecule has 1 aromatic heterocycles. The number of rotatable bonds is 4. The largest absolute Gasteiger partial charge is 0.508 e. The van der Waals surface area contributed by atoms with Crippen LogP contribution in [0.1, 0.15) is 10.4 Å². The summed E-state index contributed by atoms with van der Waals surface area (Å²) in [5.41, 5.74) is 9.39. The summed E-state index contributed by atoms with van der Waals surface area (Å²) in [5.74, 6) is -1.55. The predicted octanol–water partition coefficient (Wildman–Crippen LogP) is -0.959. The second-order valence-corrected chi connectivity index (χ2v) is 4.39. The van der Waals surface area contributed by atoms with E-state index in [-0.39, 0.29) is 23.4 Å². The van der Waals surface area contributed by atoms with E-state index in [2.05, 4.69) is 5.32 Å². The van der Waals surface area contributed by atoms with Crippen LogP contribution >= 0.6 is 0 Å². The maximum atomic E-state index is 11.9. The number of nitrogens with one attached hydrogen (secondary N) is 1. The van der Waals surface area contributed by atoms with E-state index in [9.17, 15) is 19.5 Å². The molecule has 0 aliphatic heterocycles. The summed E-state index contributed by atoms with van der Waals surface area (Å²) in [6, 6.07) is 4.44. The molecule has 2 amide bonds. The summed E-state index contributed by atoms with van der Waals surface area (Å²) in [7, 11) is 0. The Morgan fingerprint density at radius 1 is 1.33 bits per heavy atom. The number of phenolic OH excluding ortho intramolecular Hbond substituents is 1. The van der Waals surface area contributed by atoms with Crippen LogP contribution in [0.2, 0.25) is 0 Å². The van der Waals surface area contributed by atoms with Crippen LogP contribution in [0, 0.1) is 0 Å². The van der Waals surface area contributed by atoms with Crippen LogP contribution in [-0.4, -0.2) is 29.5 Å². The van der Waals surface area contributed by atoms with Gasteiger partial charge in [0, 0.05) is 18.0 Å². The van der Waals surface area contributed by atoms with E-state index in [1.165, 1.54) is 24.3 Å². The number of benzene rings is 1. The number of amides is 2. The van der Waals surface area contributed by atoms with Crippen LogP contribution in [0.4, 0.5) is 0 Å². The summed E-state index contributed by atoms with van der Waals surface area (Å²) < 4.78 is 4.95. The molecule has 0 saturated carbocycles. The minimum absolute atomic E-state index is 0.0599. The van der Waals surface area contributed by atoms with Crippen molar-refractivity contribution in [3.63, 3.8) is 0 Å². The van der Waals surface area contributed by atoms with Gasteiger partial charge in [0.15, 0.2) is 0 Å². The van der Waals surface area contributed by atoms with Crippen molar-refractivity contribution >= 4 is 22.8 Å². The first-order valence-electron chi connectivity index (χ1n) is 5.98. The molecular weight excluding hydrogens is 278 g/mol. The van der Waals surface area contributed by atoms with Crippen molar-refractivity contribution in [1.82, 2.24) is 5.32 Å². The molecule has 110 valence electrons. The molecule has 2 aromatic rings. The van der Waals surface area contributed by atoms with Gasteiger partial charge in [-0.25, -0.2) is 4.79 Å². The zero-order valence-electron chi connectivity index (χ0n) is 10.8. The standard InChI is InChI=1S/C13H13N3O5/c14-9(11(15)18)5-16-12(19)8-3-6-1-2-7(17)4-10(6)21-13(8)20/h1-4,9,17H,5,14H2,(H2,15,18)(H,16,19)/t9-/m1/s1. The Morgan fingerprint density at radius 2 is 2.05 bits per heavy atom. The van der Waals surface area contributed by atoms with Gasteiger partial charge in [-0.2, -0.15) is 0 Å². The maximum absolute atomic E-state index is 11.9. The summed E-state index contributed by atoms with van der Waals surface area (Å²) in [4.78, 5) is 34.4. The van der Waals surface area contributed by atoms with E-state index >= 15 is 0 Å². The van der Waals surface area contributed by atoms with Crippen molar-refractivity contribution in [2.45, 2.75) is 6.04 Å². The number of aromatic hydroxyl groups is 1. The second-order valence-electron chi connectivity index (χ2n) is 4.39. The fraction of sp³-hybridized carbons (Fsp3) is 0.154. The molecule has 0 unspecified atom stereocenters. The fourth-order valence-corrected chi connectivity index (χ4v) is 1.66. The lowest BCUT2D eigenvalue weighted by molar-refractivity contribution is -0.119. The Balaban J connectivity index is 2.27. The highest BCUT2D eigenvalue weighted by molar-refractivity contribution is 5.97. The average Bonchev–Trinajstić information content (AvgIpc) is 2.43. The Kier molecular flexibility index (Phi) is 3.90. The topological polar surface area (TPSA) is 149 Å². The third-order valence-electron chi connectivity index (χ3n) is 2.81. The molecule has 2 rings (SSSR count). The van der Waals surface area contributed by atoms with Crippen LogP contribution in [0.3, 0.4) is 0 Å². The molecule has 0 aliphatic rings. The molecule has 21 heavy (non-hydrogen) atoms. The van der Waals surface area contributed by atoms with Crippen molar-refractivity contribution in [1.29, 1.82) is 0 Å². The summed E-state index contributed by atoms with van der Waals surface area (Å²) in [6.07, 6.45) is 0. The number of hydrogen-bond acceptors (Lipinski definition) is 6. The minimum Gasteiger partial charge on any atom is -0.508 e. The number of carbonyl (C=O) groups excluding carboxylic acids is 2. The Bertz CT molecular complexity index is 768. The average molecular weight is 291 g/mol. The molecule has 0 aliphatic carbocycles. The Labute approximate surface area is 118 Å². The monoisotopic (exact) mass is 291 g/mol. The third kappa shape index (κ3) is 3.18. The number of phenols is 1. The van der Waals surface area contributed by atoms with Gasteiger partial charge in [-0.15, -0.1) is 0 Å². The quantitative estimate of drug-likeness (QED) is 0.533. The van der Waals surface area contributed by atoms with Gasteiger partial charge in [0.05, 0.1) is 0 Å². The number of fused-ring (bicyclic) bond motifs is 1. The molecule has 0 bridgehead atoms. The number of nitrogens with two attached hydrogens (primary N) is 2. The van der Waals surface area contributed by atoms with Crippen molar-refractivity contribution in [3.8, 4) is 5.75 Å². The molecule has 0 fully saturated rings. The van der Waals surface area contributed by atoms with E-state index < -0.39 is 23.5 Å². The zero-order valence-corrected chi connectivity index (χ0v) is 10.8. The molecular formula is C13H13N3O5. The highest BCUT2D eigenvalue weighted by Gasteiger charge is 2.16. The third-order valence-corrected chi connectivity index (χ3v) is 2.81. The van der Waals surface area contributed by atoms with E-state index in [0.29, 0.717) is 5.39 Å². The summed E-state index contributed by atoms with van der Waals surface area (Å²) in [5, 5.41) is 12.1. The molecule has 0 spiro atoms. The fourth-order valence-electron chi connectivity index (χ4n) is 1.66. The van der Waals surface area contributed by atoms with Crippen molar-refractivity contribution in [2.24, 2.45) is 11.5 Å². The lowest BCUT2D eigenvalue weighted by Gasteiger charge is -2.09. The first kappa shape index (κ1) is 14.5. The SMILES string of the molecule is NC(=O)[C@H](N)CNC(=O)c1cc2ccc(O)cc2oc1=O. The molecule has 8 heteroatoms. The molecule has 1 heterocycles. The number of carbonyl (C=O) groups is 2. The lowest BCUT2D eigenvalue weighted by atomic mass is 10.1. The van der Waals surface area contributed by atoms with Gasteiger partial charge < -0.3 is 26.3 Å². The highest BCUT2D eigenvalue weighted by atomic mass is 16.4. The first-order valence-corrected chi connectivity index (χ1v) is 5.98. The summed E-state index contributed by atoms with van der Waals surface area (Å²) >= 11 is 0. The van der Waals surface area contributed by atoms with Crippen molar-refractivity contribution in [2.75, 3.05) is 6.54 Å². The highest BCUT2D eigenvalue weighted by Crippen LogP contribution is 2.19. The molecule has 6 N–H and O–H groups in total. The van der Waals surface area contributed by atoms with E-state index in [1.807, 2.05) is 0 Å². The normalized spacial score (nSPS) is 12.0. The van der Waals surface area contributed by atoms with Crippen LogP contribution in [-0.2, 0) is 4.79 Å². The smallest absolute Gasteiger partial charge is 0.349 e. The Hall–Kier alpha value is -2.87. The molecule has 0 radical (unpaired) electrons. The predicted molar refractivity (Wildman–Crippen MR) is 73.7 cm³/mol. The maximum Gasteiger partial charge on any atom is 0.349 e. The summed E-state index contributed by atoms with van der Waals surface area (Å²) in [6.45, 7) is -0.193. The minimum atomic E-state index is -1.04. The van der Waals surface area contributed by atoms with Gasteiger partial charge >= 0.3 is 5.63 Å². The van der Waals surface area contributed by atoms with Crippen LogP contribution in [0.25, 0.3) is 11.0 Å². The molecule has 1 atom stereocenters. The number of primary amides is 1. The number of hydrogen-bond donors (Lipinski definition) is 4. The van der Waals surface area contributed by atoms with Gasteiger partial charge in [-0.1, -0.05) is 0 Å². The molecule has 0 saturated heterocycles. The van der Waals surface area contributed by atoms with Gasteiger partial charge in [0.1, 0.15) is 22.9 Å². The zero-order chi connectivity index (χ0) is 15.6. The van der Waals surface area contributed by atoms with E-state index in [0.717, 1.165) is 0 Å². The van der Waals surface area contributed by atoms with Gasteiger partial charge in [0.25, 0.3) is 5.91 Å².